The first kappa shape index (κ1) is 36.8. The lowest BCUT2D eigenvalue weighted by molar-refractivity contribution is 0.272. The van der Waals surface area contributed by atoms with Crippen LogP contribution in [0.3, 0.4) is 0 Å². The largest absolute Gasteiger partial charge is 0.466 e. The number of hydrogen-bond donors (Lipinski definition) is 7. The summed E-state index contributed by atoms with van der Waals surface area (Å²) < 4.78 is 17.8. The maximum absolute atomic E-state index is 8.88. The smallest absolute Gasteiger partial charge is 0.344 e. The van der Waals surface area contributed by atoms with Gasteiger partial charge in [0.05, 0.1) is 0 Å². The molecule has 0 rings (SSSR count). The second kappa shape index (κ2) is 13.2. The van der Waals surface area contributed by atoms with Crippen molar-refractivity contribution in [2.24, 2.45) is 0 Å². The van der Waals surface area contributed by atoms with Gasteiger partial charge in [-0.25, -0.2) is 9.13 Å². The molecule has 0 aliphatic rings. The van der Waals surface area contributed by atoms with Gasteiger partial charge in [-0.05, 0) is 0 Å². The Morgan fingerprint density at radius 1 is 0.571 bits per heavy atom. The normalized spacial score (nSPS) is 8.43. The average Bonchev–Trinajstić information content (AvgIpc) is 1.12. The quantitative estimate of drug-likeness (QED) is 0.298. The van der Waals surface area contributed by atoms with E-state index in [4.69, 9.17) is 38.5 Å². The van der Waals surface area contributed by atoms with Crippen LogP contribution in [-0.2, 0) is 9.13 Å². The van der Waals surface area contributed by atoms with E-state index in [1.165, 1.54) is 0 Å². The first-order chi connectivity index (χ1) is 4.00. The third kappa shape index (κ3) is 47000. The van der Waals surface area contributed by atoms with Crippen LogP contribution in [0.2, 0.25) is 0 Å². The van der Waals surface area contributed by atoms with Crippen LogP contribution in [0.15, 0.2) is 0 Å². The van der Waals surface area contributed by atoms with Crippen LogP contribution >= 0.6 is 15.6 Å². The summed E-state index contributed by atoms with van der Waals surface area (Å²) in [5, 5.41) is 0. The van der Waals surface area contributed by atoms with Crippen LogP contribution in [0, 0.1) is 0 Å². The topological polar surface area (TPSA) is 191 Å². The van der Waals surface area contributed by atoms with Crippen LogP contribution in [0.25, 0.3) is 0 Å². The van der Waals surface area contributed by atoms with Crippen LogP contribution in [0.1, 0.15) is 22.3 Å². The molecule has 0 aliphatic carbocycles. The van der Waals surface area contributed by atoms with Crippen molar-refractivity contribution in [3.8, 4) is 0 Å². The van der Waals surface area contributed by atoms with Crippen molar-refractivity contribution >= 4 is 15.6 Å². The molecule has 0 atom stereocenters. The van der Waals surface area contributed by atoms with Crippen molar-refractivity contribution in [2.45, 2.75) is 22.3 Å². The molecular formula is C3H21NO8P2. The fourth-order valence-electron chi connectivity index (χ4n) is 0. The molecule has 0 aromatic carbocycles. The highest BCUT2D eigenvalue weighted by Gasteiger charge is 2.00. The van der Waals surface area contributed by atoms with Gasteiger partial charge in [-0.2, -0.15) is 0 Å². The zero-order valence-corrected chi connectivity index (χ0v) is 6.89. The third-order valence-corrected chi connectivity index (χ3v) is 0. The Morgan fingerprint density at radius 3 is 0.571 bits per heavy atom. The summed E-state index contributed by atoms with van der Waals surface area (Å²) in [6, 6.07) is 0. The van der Waals surface area contributed by atoms with Gasteiger partial charge in [0.25, 0.3) is 0 Å². The highest BCUT2D eigenvalue weighted by Crippen LogP contribution is 2.26. The van der Waals surface area contributed by atoms with E-state index in [9.17, 15) is 0 Å². The molecule has 0 aliphatic heterocycles. The van der Waals surface area contributed by atoms with Gasteiger partial charge < -0.3 is 35.5 Å². The molecule has 0 amide bonds. The summed E-state index contributed by atoms with van der Waals surface area (Å²) in [5.74, 6) is 0. The minimum atomic E-state index is -4.64. The van der Waals surface area contributed by atoms with E-state index in [-0.39, 0.29) is 28.4 Å². The summed E-state index contributed by atoms with van der Waals surface area (Å²) in [5.41, 5.74) is 0. The molecule has 0 radical (unpaired) electrons. The first-order valence-electron chi connectivity index (χ1n) is 1.57. The van der Waals surface area contributed by atoms with E-state index in [0.29, 0.717) is 0 Å². The molecule has 11 heteroatoms. The van der Waals surface area contributed by atoms with Gasteiger partial charge in [0.2, 0.25) is 0 Å². The van der Waals surface area contributed by atoms with E-state index < -0.39 is 15.6 Å². The monoisotopic (exact) mass is 261 g/mol. The molecule has 0 aromatic heterocycles. The molecule has 0 saturated carbocycles. The number of hydrogen-bond acceptors (Lipinski definition) is 3. The Balaban J connectivity index is -0.0000000178. The molecule has 0 fully saturated rings. The Labute approximate surface area is 83.5 Å². The van der Waals surface area contributed by atoms with Crippen LogP contribution in [0.5, 0.6) is 0 Å². The highest BCUT2D eigenvalue weighted by molar-refractivity contribution is 7.45. The molecule has 0 heterocycles. The van der Waals surface area contributed by atoms with Crippen molar-refractivity contribution in [3.05, 3.63) is 0 Å². The van der Waals surface area contributed by atoms with Gasteiger partial charge in [0.15, 0.2) is 0 Å². The summed E-state index contributed by atoms with van der Waals surface area (Å²) >= 11 is 0. The van der Waals surface area contributed by atoms with Crippen molar-refractivity contribution in [1.82, 2.24) is 6.15 Å². The maximum atomic E-state index is 8.88. The fourth-order valence-corrected chi connectivity index (χ4v) is 0. The minimum absolute atomic E-state index is 0. The van der Waals surface area contributed by atoms with Gasteiger partial charge in [0.1, 0.15) is 0 Å². The van der Waals surface area contributed by atoms with E-state index in [2.05, 4.69) is 0 Å². The van der Waals surface area contributed by atoms with Crippen LogP contribution in [-0.4, -0.2) is 29.4 Å². The molecule has 9 nitrogen and oxygen atoms in total. The first-order valence-corrected chi connectivity index (χ1v) is 4.70. The molecule has 0 saturated heterocycles. The van der Waals surface area contributed by atoms with E-state index in [1.807, 2.05) is 0 Å². The lowest BCUT2D eigenvalue weighted by Crippen LogP contribution is -1.66. The van der Waals surface area contributed by atoms with Crippen molar-refractivity contribution in [1.29, 1.82) is 0 Å². The molecule has 0 unspecified atom stereocenters. The van der Waals surface area contributed by atoms with Crippen molar-refractivity contribution in [2.75, 3.05) is 0 Å². The molecule has 9 N–H and O–H groups in total. The summed E-state index contributed by atoms with van der Waals surface area (Å²) in [7, 11) is -9.28. The summed E-state index contributed by atoms with van der Waals surface area (Å²) in [6.45, 7) is 0. The Kier molecular flexibility index (Phi) is 34.7. The second-order valence-electron chi connectivity index (χ2n) is 1.03. The van der Waals surface area contributed by atoms with Gasteiger partial charge >= 0.3 is 15.6 Å². The SMILES string of the molecule is C.C.C.N.O=P(O)(O)O.O=P(O)(O)O. The summed E-state index contributed by atoms with van der Waals surface area (Å²) in [6.07, 6.45) is 0. The fraction of sp³-hybridized carbons (Fsp3) is 1.00. The predicted octanol–water partition coefficient (Wildman–Crippen LogP) is 0.213. The Morgan fingerprint density at radius 2 is 0.571 bits per heavy atom. The van der Waals surface area contributed by atoms with Gasteiger partial charge in [-0.15, -0.1) is 0 Å². The van der Waals surface area contributed by atoms with Gasteiger partial charge in [0, 0.05) is 0 Å². The highest BCUT2D eigenvalue weighted by atomic mass is 31.2. The molecule has 96 valence electrons. The average molecular weight is 261 g/mol. The lowest BCUT2D eigenvalue weighted by atomic mass is 12.0. The minimum Gasteiger partial charge on any atom is -0.344 e. The number of phosphoric acid groups is 2. The van der Waals surface area contributed by atoms with Crippen LogP contribution in [0.4, 0.5) is 0 Å². The Bertz CT molecular complexity index is 135. The van der Waals surface area contributed by atoms with Crippen molar-refractivity contribution < 1.29 is 38.5 Å². The van der Waals surface area contributed by atoms with E-state index >= 15 is 0 Å². The van der Waals surface area contributed by atoms with Gasteiger partial charge in [-0.3, -0.25) is 0 Å². The lowest BCUT2D eigenvalue weighted by Gasteiger charge is -1.82. The number of rotatable bonds is 0. The maximum Gasteiger partial charge on any atom is 0.466 e. The third-order valence-electron chi connectivity index (χ3n) is 0. The molecule has 0 spiro atoms. The van der Waals surface area contributed by atoms with Crippen LogP contribution < -0.4 is 6.15 Å². The molecule has 0 aromatic rings. The van der Waals surface area contributed by atoms with E-state index in [1.54, 1.807) is 0 Å². The molecule has 14 heavy (non-hydrogen) atoms. The second-order valence-corrected chi connectivity index (χ2v) is 3.08. The zero-order chi connectivity index (χ0) is 9.00. The van der Waals surface area contributed by atoms with Crippen molar-refractivity contribution in [3.63, 3.8) is 0 Å². The van der Waals surface area contributed by atoms with E-state index in [0.717, 1.165) is 0 Å². The predicted molar refractivity (Wildman–Crippen MR) is 53.7 cm³/mol. The zero-order valence-electron chi connectivity index (χ0n) is 5.10. The Hall–Kier alpha value is 0.180. The molecule has 0 bridgehead atoms. The molecular weight excluding hydrogens is 240 g/mol. The standard InChI is InChI=1S/3CH4.H3N.2H3O4P/c;;;;2*1-5(2,3)4/h3*1H4;1H3;2*(H3,1,2,3,4). The van der Waals surface area contributed by atoms with Gasteiger partial charge in [-0.1, -0.05) is 22.3 Å². The summed E-state index contributed by atoms with van der Waals surface area (Å²) in [4.78, 5) is 43.1.